The van der Waals surface area contributed by atoms with Crippen molar-refractivity contribution in [3.8, 4) is 5.75 Å². The van der Waals surface area contributed by atoms with Gasteiger partial charge in [0.15, 0.2) is 0 Å². The van der Waals surface area contributed by atoms with Crippen molar-refractivity contribution in [2.45, 2.75) is 57.4 Å². The molecule has 3 aromatic carbocycles. The van der Waals surface area contributed by atoms with Crippen molar-refractivity contribution in [1.29, 1.82) is 0 Å². The lowest BCUT2D eigenvalue weighted by Gasteiger charge is -2.36. The summed E-state index contributed by atoms with van der Waals surface area (Å²) in [7, 11) is 0. The van der Waals surface area contributed by atoms with Gasteiger partial charge >= 0.3 is 11.9 Å². The lowest BCUT2D eigenvalue weighted by atomic mass is 9.68. The van der Waals surface area contributed by atoms with Gasteiger partial charge in [0.1, 0.15) is 11.8 Å². The Labute approximate surface area is 201 Å². The Kier molecular flexibility index (Phi) is 7.57. The molecule has 5 nitrogen and oxygen atoms in total. The summed E-state index contributed by atoms with van der Waals surface area (Å²) in [5, 5.41) is 9.02. The van der Waals surface area contributed by atoms with E-state index in [4.69, 9.17) is 15.6 Å². The maximum atomic E-state index is 12.7. The molecular formula is C29H33NO4. The summed E-state index contributed by atoms with van der Waals surface area (Å²) in [5.74, 6) is -1.16. The highest BCUT2D eigenvalue weighted by molar-refractivity contribution is 5.77. The van der Waals surface area contributed by atoms with Gasteiger partial charge < -0.3 is 15.6 Å². The molecule has 0 saturated carbocycles. The van der Waals surface area contributed by atoms with Gasteiger partial charge in [-0.25, -0.2) is 0 Å². The van der Waals surface area contributed by atoms with Crippen LogP contribution in [0.2, 0.25) is 0 Å². The number of carbonyl (C=O) groups is 2. The maximum Gasteiger partial charge on any atom is 0.320 e. The number of esters is 1. The van der Waals surface area contributed by atoms with Crippen molar-refractivity contribution in [3.05, 3.63) is 101 Å². The molecule has 0 aromatic heterocycles. The molecule has 0 radical (unpaired) electrons. The number of carboxylic acid groups (broad SMARTS) is 1. The highest BCUT2D eigenvalue weighted by Gasteiger charge is 2.36. The fourth-order valence-electron chi connectivity index (χ4n) is 4.36. The van der Waals surface area contributed by atoms with Crippen LogP contribution < -0.4 is 10.5 Å². The van der Waals surface area contributed by atoms with Crippen LogP contribution in [0.15, 0.2) is 78.9 Å². The van der Waals surface area contributed by atoms with Crippen LogP contribution in [0, 0.1) is 0 Å². The van der Waals surface area contributed by atoms with Crippen molar-refractivity contribution < 1.29 is 19.4 Å². The SMILES string of the molecule is CC(C)(c1ccccc1)c1cccc(OC(=O)CC[C@H](N)C(=O)O)c1C(C)(C)c1ccccc1. The topological polar surface area (TPSA) is 89.6 Å². The molecule has 0 aliphatic carbocycles. The molecule has 178 valence electrons. The fraction of sp³-hybridized carbons (Fsp3) is 0.310. The van der Waals surface area contributed by atoms with Crippen LogP contribution in [0.5, 0.6) is 5.75 Å². The zero-order valence-electron chi connectivity index (χ0n) is 20.2. The quantitative estimate of drug-likeness (QED) is 0.329. The number of carboxylic acids is 1. The van der Waals surface area contributed by atoms with E-state index in [0.717, 1.165) is 22.3 Å². The molecule has 0 aliphatic heterocycles. The van der Waals surface area contributed by atoms with Gasteiger partial charge in [0.2, 0.25) is 0 Å². The Morgan fingerprint density at radius 1 is 0.824 bits per heavy atom. The standard InChI is InChI=1S/C29H33NO4/c1-28(2,20-12-7-5-8-13-20)22-16-11-17-24(34-25(31)19-18-23(30)27(32)33)26(22)29(3,4)21-14-9-6-10-15-21/h5-17,23H,18-19,30H2,1-4H3,(H,32,33)/t23-/m0/s1. The Hall–Kier alpha value is -3.44. The summed E-state index contributed by atoms with van der Waals surface area (Å²) in [5.41, 5.74) is 8.95. The van der Waals surface area contributed by atoms with Crippen LogP contribution in [-0.2, 0) is 20.4 Å². The second kappa shape index (κ2) is 10.2. The highest BCUT2D eigenvalue weighted by atomic mass is 16.5. The molecule has 1 atom stereocenters. The summed E-state index contributed by atoms with van der Waals surface area (Å²) < 4.78 is 5.87. The third-order valence-corrected chi connectivity index (χ3v) is 6.52. The predicted octanol–water partition coefficient (Wildman–Crippen LogP) is 5.44. The lowest BCUT2D eigenvalue weighted by molar-refractivity contribution is -0.139. The summed E-state index contributed by atoms with van der Waals surface area (Å²) in [6.07, 6.45) is -0.0637. The summed E-state index contributed by atoms with van der Waals surface area (Å²) >= 11 is 0. The molecule has 5 heteroatoms. The molecule has 0 spiro atoms. The normalized spacial score (nSPS) is 12.7. The maximum absolute atomic E-state index is 12.7. The van der Waals surface area contributed by atoms with Gasteiger partial charge in [-0.2, -0.15) is 0 Å². The van der Waals surface area contributed by atoms with E-state index < -0.39 is 23.4 Å². The molecule has 0 saturated heterocycles. The molecule has 0 aliphatic rings. The summed E-state index contributed by atoms with van der Waals surface area (Å²) in [4.78, 5) is 23.7. The van der Waals surface area contributed by atoms with Crippen molar-refractivity contribution in [1.82, 2.24) is 0 Å². The predicted molar refractivity (Wildman–Crippen MR) is 134 cm³/mol. The summed E-state index contributed by atoms with van der Waals surface area (Å²) in [6.45, 7) is 8.58. The van der Waals surface area contributed by atoms with E-state index in [-0.39, 0.29) is 18.3 Å². The Morgan fingerprint density at radius 3 is 1.88 bits per heavy atom. The average molecular weight is 460 g/mol. The molecule has 3 rings (SSSR count). The van der Waals surface area contributed by atoms with Crippen molar-refractivity contribution >= 4 is 11.9 Å². The smallest absolute Gasteiger partial charge is 0.320 e. The second-order valence-electron chi connectivity index (χ2n) is 9.62. The van der Waals surface area contributed by atoms with Crippen LogP contribution in [0.3, 0.4) is 0 Å². The van der Waals surface area contributed by atoms with Crippen LogP contribution in [-0.4, -0.2) is 23.1 Å². The molecule has 3 aromatic rings. The highest BCUT2D eigenvalue weighted by Crippen LogP contribution is 2.45. The molecule has 3 N–H and O–H groups in total. The van der Waals surface area contributed by atoms with Crippen LogP contribution in [0.25, 0.3) is 0 Å². The Bertz CT molecular complexity index is 1140. The third-order valence-electron chi connectivity index (χ3n) is 6.52. The van der Waals surface area contributed by atoms with E-state index in [2.05, 4.69) is 58.0 Å². The number of carbonyl (C=O) groups excluding carboxylic acids is 1. The van der Waals surface area contributed by atoms with E-state index in [1.807, 2.05) is 42.5 Å². The molecular weight excluding hydrogens is 426 g/mol. The third kappa shape index (κ3) is 5.37. The second-order valence-corrected chi connectivity index (χ2v) is 9.62. The van der Waals surface area contributed by atoms with E-state index in [9.17, 15) is 9.59 Å². The Morgan fingerprint density at radius 2 is 1.35 bits per heavy atom. The van der Waals surface area contributed by atoms with Gasteiger partial charge in [0.25, 0.3) is 0 Å². The zero-order chi connectivity index (χ0) is 24.9. The van der Waals surface area contributed by atoms with Crippen molar-refractivity contribution in [2.75, 3.05) is 0 Å². The molecule has 0 unspecified atom stereocenters. The van der Waals surface area contributed by atoms with Crippen LogP contribution in [0.4, 0.5) is 0 Å². The number of ether oxygens (including phenoxy) is 1. The van der Waals surface area contributed by atoms with Crippen molar-refractivity contribution in [2.24, 2.45) is 5.73 Å². The molecule has 0 fully saturated rings. The minimum Gasteiger partial charge on any atom is -0.480 e. The van der Waals surface area contributed by atoms with E-state index in [1.165, 1.54) is 0 Å². The fourth-order valence-corrected chi connectivity index (χ4v) is 4.36. The number of rotatable bonds is 9. The molecule has 34 heavy (non-hydrogen) atoms. The van der Waals surface area contributed by atoms with Gasteiger partial charge in [-0.1, -0.05) is 100 Å². The number of benzene rings is 3. The van der Waals surface area contributed by atoms with Crippen LogP contribution >= 0.6 is 0 Å². The van der Waals surface area contributed by atoms with Gasteiger partial charge in [0, 0.05) is 22.8 Å². The molecule has 0 bridgehead atoms. The van der Waals surface area contributed by atoms with Gasteiger partial charge in [-0.05, 0) is 29.2 Å². The first-order chi connectivity index (χ1) is 16.0. The van der Waals surface area contributed by atoms with E-state index in [1.54, 1.807) is 6.07 Å². The average Bonchev–Trinajstić information content (AvgIpc) is 2.83. The number of hydrogen-bond donors (Lipinski definition) is 2. The monoisotopic (exact) mass is 459 g/mol. The summed E-state index contributed by atoms with van der Waals surface area (Å²) in [6, 6.07) is 25.1. The minimum atomic E-state index is -1.13. The van der Waals surface area contributed by atoms with E-state index in [0.29, 0.717) is 5.75 Å². The Balaban J connectivity index is 2.11. The first-order valence-electron chi connectivity index (χ1n) is 11.5. The molecule has 0 amide bonds. The number of aliphatic carboxylic acids is 1. The zero-order valence-corrected chi connectivity index (χ0v) is 20.2. The van der Waals surface area contributed by atoms with Gasteiger partial charge in [0.05, 0.1) is 0 Å². The lowest BCUT2D eigenvalue weighted by Crippen LogP contribution is -2.31. The minimum absolute atomic E-state index is 0.0147. The van der Waals surface area contributed by atoms with Crippen molar-refractivity contribution in [3.63, 3.8) is 0 Å². The largest absolute Gasteiger partial charge is 0.480 e. The van der Waals surface area contributed by atoms with Gasteiger partial charge in [-0.15, -0.1) is 0 Å². The van der Waals surface area contributed by atoms with Crippen LogP contribution in [0.1, 0.15) is 62.8 Å². The number of nitrogens with two attached hydrogens (primary N) is 1. The first kappa shape index (κ1) is 25.2. The molecule has 0 heterocycles. The number of hydrogen-bond acceptors (Lipinski definition) is 4. The first-order valence-corrected chi connectivity index (χ1v) is 11.5. The van der Waals surface area contributed by atoms with E-state index >= 15 is 0 Å². The van der Waals surface area contributed by atoms with Gasteiger partial charge in [-0.3, -0.25) is 9.59 Å².